The minimum atomic E-state index is -0.448. The molecule has 0 bridgehead atoms. The van der Waals surface area contributed by atoms with Crippen LogP contribution in [0.4, 0.5) is 11.4 Å². The zero-order chi connectivity index (χ0) is 15.7. The molecule has 3 rings (SSSR count). The molecule has 112 valence electrons. The number of hydrogen-bond donors (Lipinski definition) is 2. The van der Waals surface area contributed by atoms with Crippen molar-refractivity contribution >= 4 is 34.8 Å². The van der Waals surface area contributed by atoms with Crippen LogP contribution in [0.2, 0.25) is 5.02 Å². The Kier molecular flexibility index (Phi) is 3.86. The van der Waals surface area contributed by atoms with Gasteiger partial charge in [-0.2, -0.15) is 0 Å². The summed E-state index contributed by atoms with van der Waals surface area (Å²) < 4.78 is 0. The smallest absolute Gasteiger partial charge is 0.232 e. The molecule has 5 heteroatoms. The molecule has 1 aliphatic rings. The van der Waals surface area contributed by atoms with E-state index in [1.807, 2.05) is 31.2 Å². The lowest BCUT2D eigenvalue weighted by molar-refractivity contribution is -0.122. The summed E-state index contributed by atoms with van der Waals surface area (Å²) in [6, 6.07) is 12.8. The van der Waals surface area contributed by atoms with E-state index in [1.165, 1.54) is 0 Å². The summed E-state index contributed by atoms with van der Waals surface area (Å²) in [4.78, 5) is 24.3. The Morgan fingerprint density at radius 2 is 2.00 bits per heavy atom. The van der Waals surface area contributed by atoms with Crippen molar-refractivity contribution in [2.75, 3.05) is 10.6 Å². The van der Waals surface area contributed by atoms with Crippen LogP contribution in [-0.4, -0.2) is 11.8 Å². The van der Waals surface area contributed by atoms with Crippen LogP contribution in [0.5, 0.6) is 0 Å². The van der Waals surface area contributed by atoms with Crippen molar-refractivity contribution < 1.29 is 9.59 Å². The number of para-hydroxylation sites is 1. The maximum Gasteiger partial charge on any atom is 0.232 e. The van der Waals surface area contributed by atoms with Gasteiger partial charge >= 0.3 is 0 Å². The first-order valence-corrected chi connectivity index (χ1v) is 7.39. The summed E-state index contributed by atoms with van der Waals surface area (Å²) in [7, 11) is 0. The third-order valence-electron chi connectivity index (χ3n) is 3.84. The van der Waals surface area contributed by atoms with E-state index < -0.39 is 5.92 Å². The van der Waals surface area contributed by atoms with Gasteiger partial charge in [0.15, 0.2) is 0 Å². The zero-order valence-corrected chi connectivity index (χ0v) is 12.8. The molecule has 4 nitrogen and oxygen atoms in total. The number of anilines is 2. The van der Waals surface area contributed by atoms with Crippen LogP contribution in [0.15, 0.2) is 42.5 Å². The van der Waals surface area contributed by atoms with Gasteiger partial charge in [-0.3, -0.25) is 9.59 Å². The van der Waals surface area contributed by atoms with Crippen LogP contribution in [-0.2, 0) is 9.59 Å². The summed E-state index contributed by atoms with van der Waals surface area (Å²) in [5.74, 6) is -0.794. The highest BCUT2D eigenvalue weighted by atomic mass is 35.5. The standard InChI is InChI=1S/C17H15ClN2O2/c1-10-13(18)6-4-8-14(10)19-16(21)9-12-11-5-2-3-7-15(11)20-17(12)22/h2-8,12H,9H2,1H3,(H,19,21)(H,20,22). The number of rotatable bonds is 3. The minimum Gasteiger partial charge on any atom is -0.326 e. The van der Waals surface area contributed by atoms with Gasteiger partial charge in [0.25, 0.3) is 0 Å². The quantitative estimate of drug-likeness (QED) is 0.907. The molecule has 1 heterocycles. The third-order valence-corrected chi connectivity index (χ3v) is 4.25. The molecule has 2 aromatic carbocycles. The highest BCUT2D eigenvalue weighted by Crippen LogP contribution is 2.34. The van der Waals surface area contributed by atoms with E-state index >= 15 is 0 Å². The van der Waals surface area contributed by atoms with Gasteiger partial charge < -0.3 is 10.6 Å². The van der Waals surface area contributed by atoms with E-state index in [9.17, 15) is 9.59 Å². The molecule has 1 unspecified atom stereocenters. The number of carbonyl (C=O) groups is 2. The number of fused-ring (bicyclic) bond motifs is 1. The molecule has 1 aliphatic heterocycles. The van der Waals surface area contributed by atoms with Crippen molar-refractivity contribution in [3.8, 4) is 0 Å². The predicted octanol–water partition coefficient (Wildman–Crippen LogP) is 3.71. The molecule has 0 saturated carbocycles. The highest BCUT2D eigenvalue weighted by Gasteiger charge is 2.31. The maximum absolute atomic E-state index is 12.3. The second-order valence-corrected chi connectivity index (χ2v) is 5.70. The molecule has 2 aromatic rings. The Hall–Kier alpha value is -2.33. The van der Waals surface area contributed by atoms with Crippen LogP contribution >= 0.6 is 11.6 Å². The van der Waals surface area contributed by atoms with Crippen LogP contribution < -0.4 is 10.6 Å². The van der Waals surface area contributed by atoms with Gasteiger partial charge in [-0.1, -0.05) is 35.9 Å². The molecule has 22 heavy (non-hydrogen) atoms. The molecular formula is C17H15ClN2O2. The fourth-order valence-electron chi connectivity index (χ4n) is 2.61. The van der Waals surface area contributed by atoms with E-state index in [1.54, 1.807) is 18.2 Å². The largest absolute Gasteiger partial charge is 0.326 e. The molecule has 1 atom stereocenters. The van der Waals surface area contributed by atoms with Crippen LogP contribution in [0, 0.1) is 6.92 Å². The summed E-state index contributed by atoms with van der Waals surface area (Å²) in [6.45, 7) is 1.84. The van der Waals surface area contributed by atoms with E-state index in [-0.39, 0.29) is 18.2 Å². The Bertz CT molecular complexity index is 758. The Balaban J connectivity index is 1.75. The molecule has 0 aliphatic carbocycles. The number of benzene rings is 2. The number of carbonyl (C=O) groups excluding carboxylic acids is 2. The number of hydrogen-bond acceptors (Lipinski definition) is 2. The van der Waals surface area contributed by atoms with Gasteiger partial charge in [0, 0.05) is 22.8 Å². The monoisotopic (exact) mass is 314 g/mol. The molecule has 0 fully saturated rings. The average Bonchev–Trinajstić information content (AvgIpc) is 2.80. The van der Waals surface area contributed by atoms with E-state index in [0.29, 0.717) is 10.7 Å². The predicted molar refractivity (Wildman–Crippen MR) is 87.2 cm³/mol. The first-order valence-electron chi connectivity index (χ1n) is 7.01. The molecule has 2 amide bonds. The van der Waals surface area contributed by atoms with Crippen LogP contribution in [0.25, 0.3) is 0 Å². The van der Waals surface area contributed by atoms with Gasteiger partial charge in [-0.05, 0) is 36.2 Å². The molecular weight excluding hydrogens is 300 g/mol. The number of amides is 2. The fourth-order valence-corrected chi connectivity index (χ4v) is 2.78. The second-order valence-electron chi connectivity index (χ2n) is 5.29. The first kappa shape index (κ1) is 14.6. The summed E-state index contributed by atoms with van der Waals surface area (Å²) in [6.07, 6.45) is 0.106. The molecule has 0 aromatic heterocycles. The van der Waals surface area contributed by atoms with Gasteiger partial charge in [-0.15, -0.1) is 0 Å². The Labute approximate surface area is 133 Å². The van der Waals surface area contributed by atoms with Gasteiger partial charge in [0.1, 0.15) is 0 Å². The van der Waals surface area contributed by atoms with Crippen LogP contribution in [0.1, 0.15) is 23.5 Å². The van der Waals surface area contributed by atoms with E-state index in [2.05, 4.69) is 10.6 Å². The second kappa shape index (κ2) is 5.81. The Morgan fingerprint density at radius 3 is 2.82 bits per heavy atom. The SMILES string of the molecule is Cc1c(Cl)cccc1NC(=O)CC1C(=O)Nc2ccccc21. The van der Waals surface area contributed by atoms with E-state index in [4.69, 9.17) is 11.6 Å². The lowest BCUT2D eigenvalue weighted by atomic mass is 9.97. The number of halogens is 1. The lowest BCUT2D eigenvalue weighted by Gasteiger charge is -2.12. The number of nitrogens with one attached hydrogen (secondary N) is 2. The summed E-state index contributed by atoms with van der Waals surface area (Å²) >= 11 is 6.04. The van der Waals surface area contributed by atoms with Crippen LogP contribution in [0.3, 0.4) is 0 Å². The minimum absolute atomic E-state index is 0.106. The fraction of sp³-hybridized carbons (Fsp3) is 0.176. The van der Waals surface area contributed by atoms with Crippen molar-refractivity contribution in [1.82, 2.24) is 0 Å². The maximum atomic E-state index is 12.3. The molecule has 2 N–H and O–H groups in total. The zero-order valence-electron chi connectivity index (χ0n) is 12.0. The molecule has 0 spiro atoms. The van der Waals surface area contributed by atoms with Gasteiger partial charge in [0.2, 0.25) is 11.8 Å². The van der Waals surface area contributed by atoms with Gasteiger partial charge in [0.05, 0.1) is 5.92 Å². The molecule has 0 radical (unpaired) electrons. The van der Waals surface area contributed by atoms with E-state index in [0.717, 1.165) is 16.8 Å². The normalized spacial score (nSPS) is 16.1. The highest BCUT2D eigenvalue weighted by molar-refractivity contribution is 6.31. The van der Waals surface area contributed by atoms with Crippen molar-refractivity contribution in [3.63, 3.8) is 0 Å². The average molecular weight is 315 g/mol. The Morgan fingerprint density at radius 1 is 1.23 bits per heavy atom. The topological polar surface area (TPSA) is 58.2 Å². The lowest BCUT2D eigenvalue weighted by Crippen LogP contribution is -2.20. The first-order chi connectivity index (χ1) is 10.6. The molecule has 0 saturated heterocycles. The third kappa shape index (κ3) is 2.70. The summed E-state index contributed by atoms with van der Waals surface area (Å²) in [5.41, 5.74) is 3.13. The van der Waals surface area contributed by atoms with Crippen molar-refractivity contribution in [3.05, 3.63) is 58.6 Å². The van der Waals surface area contributed by atoms with Gasteiger partial charge in [-0.25, -0.2) is 0 Å². The van der Waals surface area contributed by atoms with Crippen molar-refractivity contribution in [2.24, 2.45) is 0 Å². The van der Waals surface area contributed by atoms with Crippen molar-refractivity contribution in [2.45, 2.75) is 19.3 Å². The van der Waals surface area contributed by atoms with Crippen molar-refractivity contribution in [1.29, 1.82) is 0 Å². The summed E-state index contributed by atoms with van der Waals surface area (Å²) in [5, 5.41) is 6.22.